The van der Waals surface area contributed by atoms with E-state index in [0.717, 1.165) is 11.3 Å². The van der Waals surface area contributed by atoms with Crippen molar-refractivity contribution >= 4 is 5.65 Å². The fourth-order valence-corrected chi connectivity index (χ4v) is 1.73. The molecule has 3 nitrogen and oxygen atoms in total. The van der Waals surface area contributed by atoms with Gasteiger partial charge in [-0.3, -0.25) is 0 Å². The molecule has 0 bridgehead atoms. The minimum absolute atomic E-state index is 0.0715. The van der Waals surface area contributed by atoms with Crippen molar-refractivity contribution in [3.05, 3.63) is 29.7 Å². The molecule has 0 radical (unpaired) electrons. The Hall–Kier alpha value is -1.38. The van der Waals surface area contributed by atoms with Crippen LogP contribution in [0.25, 0.3) is 5.65 Å². The van der Waals surface area contributed by atoms with Crippen LogP contribution < -0.4 is 0 Å². The van der Waals surface area contributed by atoms with E-state index in [1.54, 1.807) is 6.20 Å². The lowest BCUT2D eigenvalue weighted by Crippen LogP contribution is -2.16. The molecule has 0 aliphatic heterocycles. The van der Waals surface area contributed by atoms with Crippen LogP contribution in [-0.4, -0.2) is 14.6 Å². The predicted octanol–water partition coefficient (Wildman–Crippen LogP) is 3.15. The van der Waals surface area contributed by atoms with E-state index in [1.807, 2.05) is 10.7 Å². The van der Waals surface area contributed by atoms with Crippen LogP contribution in [0, 0.1) is 0 Å². The van der Waals surface area contributed by atoms with E-state index in [2.05, 4.69) is 50.8 Å². The van der Waals surface area contributed by atoms with Gasteiger partial charge < -0.3 is 0 Å². The first-order valence-electron chi connectivity index (χ1n) is 5.74. The maximum absolute atomic E-state index is 4.60. The Bertz CT molecular complexity index is 503. The predicted molar refractivity (Wildman–Crippen MR) is 65.8 cm³/mol. The Labute approximate surface area is 96.5 Å². The summed E-state index contributed by atoms with van der Waals surface area (Å²) in [5.41, 5.74) is 3.43. The molecule has 0 saturated carbocycles. The average molecular weight is 217 g/mol. The van der Waals surface area contributed by atoms with Crippen LogP contribution in [0.2, 0.25) is 0 Å². The Balaban J connectivity index is 2.71. The Morgan fingerprint density at radius 2 is 1.94 bits per heavy atom. The first-order chi connectivity index (χ1) is 7.39. The number of hydrogen-bond donors (Lipinski definition) is 0. The van der Waals surface area contributed by atoms with E-state index < -0.39 is 0 Å². The molecule has 0 unspecified atom stereocenters. The summed E-state index contributed by atoms with van der Waals surface area (Å²) in [6.07, 6.45) is 3.72. The second-order valence-electron chi connectivity index (χ2n) is 5.59. The number of nitrogens with zero attached hydrogens (tertiary/aromatic N) is 3. The lowest BCUT2D eigenvalue weighted by Gasteiger charge is -2.19. The van der Waals surface area contributed by atoms with Crippen LogP contribution in [0.5, 0.6) is 0 Å². The van der Waals surface area contributed by atoms with Gasteiger partial charge in [-0.15, -0.1) is 0 Å². The van der Waals surface area contributed by atoms with Crippen LogP contribution in [0.3, 0.4) is 0 Å². The lowest BCUT2D eigenvalue weighted by atomic mass is 9.90. The first kappa shape index (κ1) is 11.1. The fourth-order valence-electron chi connectivity index (χ4n) is 1.73. The normalized spacial score (nSPS) is 12.6. The zero-order valence-electron chi connectivity index (χ0n) is 10.7. The summed E-state index contributed by atoms with van der Waals surface area (Å²) in [6, 6.07) is 2.19. The van der Waals surface area contributed by atoms with Crippen molar-refractivity contribution in [2.75, 3.05) is 0 Å². The van der Waals surface area contributed by atoms with Crippen LogP contribution >= 0.6 is 0 Å². The molecule has 2 aromatic rings. The van der Waals surface area contributed by atoms with Gasteiger partial charge in [0, 0.05) is 23.4 Å². The molecular formula is C13H19N3. The molecule has 2 rings (SSSR count). The highest BCUT2D eigenvalue weighted by atomic mass is 15.2. The van der Waals surface area contributed by atoms with Crippen LogP contribution in [0.15, 0.2) is 18.5 Å². The van der Waals surface area contributed by atoms with Crippen LogP contribution in [0.4, 0.5) is 0 Å². The molecule has 2 aromatic heterocycles. The zero-order chi connectivity index (χ0) is 11.9. The summed E-state index contributed by atoms with van der Waals surface area (Å²) < 4.78 is 1.88. The van der Waals surface area contributed by atoms with Gasteiger partial charge in [-0.2, -0.15) is 5.10 Å². The summed E-state index contributed by atoms with van der Waals surface area (Å²) in [6.45, 7) is 10.9. The standard InChI is InChI=1S/C13H19N3/c1-9(2)10-8-11(13(3,4)5)15-16-7-6-14-12(10)16/h6-9H,1-5H3. The highest BCUT2D eigenvalue weighted by Crippen LogP contribution is 2.25. The van der Waals surface area contributed by atoms with E-state index >= 15 is 0 Å². The Morgan fingerprint density at radius 1 is 1.25 bits per heavy atom. The molecule has 0 amide bonds. The first-order valence-corrected chi connectivity index (χ1v) is 5.74. The van der Waals surface area contributed by atoms with Crippen molar-refractivity contribution < 1.29 is 0 Å². The SMILES string of the molecule is CC(C)c1cc(C(C)(C)C)nn2ccnc12. The summed E-state index contributed by atoms with van der Waals surface area (Å²) in [4.78, 5) is 4.36. The van der Waals surface area contributed by atoms with Gasteiger partial charge >= 0.3 is 0 Å². The van der Waals surface area contributed by atoms with Gasteiger partial charge in [0.05, 0.1) is 5.69 Å². The average Bonchev–Trinajstić information content (AvgIpc) is 2.61. The molecule has 16 heavy (non-hydrogen) atoms. The van der Waals surface area contributed by atoms with Crippen molar-refractivity contribution in [3.63, 3.8) is 0 Å². The molecule has 0 aliphatic carbocycles. The summed E-state index contributed by atoms with van der Waals surface area (Å²) in [5.74, 6) is 0.467. The highest BCUT2D eigenvalue weighted by Gasteiger charge is 2.19. The minimum atomic E-state index is 0.0715. The van der Waals surface area contributed by atoms with Gasteiger partial charge in [-0.25, -0.2) is 9.50 Å². The molecule has 0 aromatic carbocycles. The molecule has 0 N–H and O–H groups in total. The number of rotatable bonds is 1. The monoisotopic (exact) mass is 217 g/mol. The van der Waals surface area contributed by atoms with E-state index in [-0.39, 0.29) is 5.41 Å². The lowest BCUT2D eigenvalue weighted by molar-refractivity contribution is 0.551. The molecule has 0 saturated heterocycles. The Kier molecular flexibility index (Phi) is 2.49. The quantitative estimate of drug-likeness (QED) is 0.734. The molecule has 3 heteroatoms. The number of hydrogen-bond acceptors (Lipinski definition) is 2. The van der Waals surface area contributed by atoms with Gasteiger partial charge in [0.15, 0.2) is 5.65 Å². The van der Waals surface area contributed by atoms with Gasteiger partial charge in [0.25, 0.3) is 0 Å². The van der Waals surface area contributed by atoms with Gasteiger partial charge in [0.1, 0.15) is 0 Å². The van der Waals surface area contributed by atoms with E-state index in [9.17, 15) is 0 Å². The smallest absolute Gasteiger partial charge is 0.156 e. The second-order valence-corrected chi connectivity index (χ2v) is 5.59. The summed E-state index contributed by atoms with van der Waals surface area (Å²) in [7, 11) is 0. The number of imidazole rings is 1. The second kappa shape index (κ2) is 3.58. The van der Waals surface area contributed by atoms with E-state index in [1.165, 1.54) is 5.56 Å². The Morgan fingerprint density at radius 3 is 2.50 bits per heavy atom. The zero-order valence-corrected chi connectivity index (χ0v) is 10.7. The molecule has 0 atom stereocenters. The molecule has 0 fully saturated rings. The third kappa shape index (κ3) is 1.82. The van der Waals surface area contributed by atoms with E-state index in [4.69, 9.17) is 0 Å². The molecule has 0 aliphatic rings. The highest BCUT2D eigenvalue weighted by molar-refractivity contribution is 5.49. The third-order valence-corrected chi connectivity index (χ3v) is 2.78. The molecular weight excluding hydrogens is 198 g/mol. The molecule has 0 spiro atoms. The van der Waals surface area contributed by atoms with Crippen molar-refractivity contribution in [1.82, 2.24) is 14.6 Å². The van der Waals surface area contributed by atoms with E-state index in [0.29, 0.717) is 5.92 Å². The minimum Gasteiger partial charge on any atom is -0.235 e. The number of fused-ring (bicyclic) bond motifs is 1. The van der Waals surface area contributed by atoms with Gasteiger partial charge in [-0.1, -0.05) is 34.6 Å². The van der Waals surface area contributed by atoms with Crippen molar-refractivity contribution in [3.8, 4) is 0 Å². The maximum atomic E-state index is 4.60. The molecule has 2 heterocycles. The number of aromatic nitrogens is 3. The fraction of sp³-hybridized carbons (Fsp3) is 0.538. The third-order valence-electron chi connectivity index (χ3n) is 2.78. The molecule has 86 valence electrons. The maximum Gasteiger partial charge on any atom is 0.156 e. The van der Waals surface area contributed by atoms with Gasteiger partial charge in [0.2, 0.25) is 0 Å². The van der Waals surface area contributed by atoms with Crippen LogP contribution in [-0.2, 0) is 5.41 Å². The van der Waals surface area contributed by atoms with Gasteiger partial charge in [-0.05, 0) is 12.0 Å². The van der Waals surface area contributed by atoms with Crippen LogP contribution in [0.1, 0.15) is 51.8 Å². The largest absolute Gasteiger partial charge is 0.235 e. The summed E-state index contributed by atoms with van der Waals surface area (Å²) >= 11 is 0. The van der Waals surface area contributed by atoms with Crippen molar-refractivity contribution in [2.45, 2.75) is 46.0 Å². The summed E-state index contributed by atoms with van der Waals surface area (Å²) in [5, 5.41) is 4.60. The topological polar surface area (TPSA) is 30.2 Å². The van der Waals surface area contributed by atoms with Crippen molar-refractivity contribution in [1.29, 1.82) is 0 Å². The van der Waals surface area contributed by atoms with Crippen molar-refractivity contribution in [2.24, 2.45) is 0 Å².